The number of carbonyl (C=O) groups is 1. The summed E-state index contributed by atoms with van der Waals surface area (Å²) in [5, 5.41) is 19.8. The summed E-state index contributed by atoms with van der Waals surface area (Å²) in [5.41, 5.74) is -0.600. The Kier molecular flexibility index (Phi) is 5.91. The van der Waals surface area contributed by atoms with Gasteiger partial charge in [0.2, 0.25) is 0 Å². The van der Waals surface area contributed by atoms with E-state index in [1.165, 1.54) is 25.3 Å². The number of aromatic hydroxyl groups is 1. The van der Waals surface area contributed by atoms with Crippen LogP contribution in [0.25, 0.3) is 0 Å². The van der Waals surface area contributed by atoms with Crippen molar-refractivity contribution in [3.8, 4) is 11.5 Å². The number of esters is 1. The molecule has 1 saturated carbocycles. The molecule has 4 rings (SSSR count). The fourth-order valence-corrected chi connectivity index (χ4v) is 4.81. The number of ether oxygens (including phenoxy) is 6. The average molecular weight is 424 g/mol. The van der Waals surface area contributed by atoms with E-state index >= 15 is 0 Å². The second kappa shape index (κ2) is 8.32. The predicted molar refractivity (Wildman–Crippen MR) is 102 cm³/mol. The van der Waals surface area contributed by atoms with E-state index in [1.54, 1.807) is 0 Å². The first kappa shape index (κ1) is 21.3. The first-order valence-corrected chi connectivity index (χ1v) is 10.2. The van der Waals surface area contributed by atoms with Crippen molar-refractivity contribution in [2.75, 3.05) is 26.9 Å². The zero-order chi connectivity index (χ0) is 21.5. The number of carbonyl (C=O) groups excluding carboxylic acids is 1. The van der Waals surface area contributed by atoms with Crippen molar-refractivity contribution in [2.45, 2.75) is 50.7 Å². The van der Waals surface area contributed by atoms with Gasteiger partial charge < -0.3 is 38.6 Å². The first-order chi connectivity index (χ1) is 14.5. The summed E-state index contributed by atoms with van der Waals surface area (Å²) in [4.78, 5) is 12.9. The second-order valence-corrected chi connectivity index (χ2v) is 7.68. The zero-order valence-electron chi connectivity index (χ0n) is 17.3. The standard InChI is InChI=1S/C21H28O9/c1-4-26-15-9-12-16(20(28-15)27-5-2)21(10-22)18(30-21)17(12)29-19(24)11-6-7-13(23)14(8-11)25-3/h6-8,12,15-18,20,22-23H,4-5,9-10H2,1-3H3/t12-,15+,16-,17+,18+,20-,21-/m1/s1. The molecule has 166 valence electrons. The molecule has 30 heavy (non-hydrogen) atoms. The zero-order valence-corrected chi connectivity index (χ0v) is 17.3. The van der Waals surface area contributed by atoms with Crippen LogP contribution in [0.4, 0.5) is 0 Å². The van der Waals surface area contributed by atoms with Gasteiger partial charge in [-0.25, -0.2) is 4.79 Å². The van der Waals surface area contributed by atoms with Crippen LogP contribution in [0.15, 0.2) is 18.2 Å². The van der Waals surface area contributed by atoms with E-state index in [1.807, 2.05) is 13.8 Å². The highest BCUT2D eigenvalue weighted by molar-refractivity contribution is 5.90. The smallest absolute Gasteiger partial charge is 0.338 e. The maximum atomic E-state index is 12.9. The van der Waals surface area contributed by atoms with Gasteiger partial charge in [0.15, 0.2) is 24.1 Å². The molecule has 0 radical (unpaired) electrons. The molecule has 3 fully saturated rings. The van der Waals surface area contributed by atoms with Gasteiger partial charge in [-0.1, -0.05) is 0 Å². The molecule has 0 amide bonds. The lowest BCUT2D eigenvalue weighted by atomic mass is 9.82. The molecule has 2 N–H and O–H groups in total. The molecule has 0 unspecified atom stereocenters. The Labute approximate surface area is 174 Å². The van der Waals surface area contributed by atoms with Crippen molar-refractivity contribution in [3.63, 3.8) is 0 Å². The number of epoxide rings is 1. The van der Waals surface area contributed by atoms with Crippen LogP contribution in [0.1, 0.15) is 30.6 Å². The number of phenols is 1. The van der Waals surface area contributed by atoms with E-state index in [4.69, 9.17) is 28.4 Å². The van der Waals surface area contributed by atoms with Gasteiger partial charge in [0.05, 0.1) is 25.2 Å². The number of aliphatic hydroxyl groups excluding tert-OH is 1. The number of hydrogen-bond donors (Lipinski definition) is 2. The van der Waals surface area contributed by atoms with Crippen LogP contribution in [-0.2, 0) is 23.7 Å². The number of methoxy groups -OCH3 is 1. The Balaban J connectivity index is 1.58. The second-order valence-electron chi connectivity index (χ2n) is 7.68. The van der Waals surface area contributed by atoms with Gasteiger partial charge in [-0.2, -0.15) is 0 Å². The minimum Gasteiger partial charge on any atom is -0.504 e. The van der Waals surface area contributed by atoms with E-state index in [2.05, 4.69) is 0 Å². The number of hydrogen-bond acceptors (Lipinski definition) is 9. The van der Waals surface area contributed by atoms with Crippen LogP contribution in [0, 0.1) is 11.8 Å². The normalized spacial score (nSPS) is 36.7. The van der Waals surface area contributed by atoms with Crippen molar-refractivity contribution in [1.82, 2.24) is 0 Å². The lowest BCUT2D eigenvalue weighted by Gasteiger charge is -2.42. The fraction of sp³-hybridized carbons (Fsp3) is 0.667. The van der Waals surface area contributed by atoms with E-state index in [9.17, 15) is 15.0 Å². The summed E-state index contributed by atoms with van der Waals surface area (Å²) in [7, 11) is 1.41. The summed E-state index contributed by atoms with van der Waals surface area (Å²) in [6, 6.07) is 4.27. The van der Waals surface area contributed by atoms with Gasteiger partial charge in [-0.3, -0.25) is 0 Å². The Morgan fingerprint density at radius 2 is 2.03 bits per heavy atom. The van der Waals surface area contributed by atoms with Crippen molar-refractivity contribution in [1.29, 1.82) is 0 Å². The van der Waals surface area contributed by atoms with Gasteiger partial charge in [0.25, 0.3) is 0 Å². The average Bonchev–Trinajstić information content (AvgIpc) is 3.41. The van der Waals surface area contributed by atoms with E-state index in [0.29, 0.717) is 19.6 Å². The van der Waals surface area contributed by atoms with Gasteiger partial charge in [-0.05, 0) is 32.0 Å². The first-order valence-electron chi connectivity index (χ1n) is 10.2. The van der Waals surface area contributed by atoms with Crippen LogP contribution < -0.4 is 4.74 Å². The third kappa shape index (κ3) is 3.44. The molecule has 7 atom stereocenters. The highest BCUT2D eigenvalue weighted by atomic mass is 16.8. The van der Waals surface area contributed by atoms with Gasteiger partial charge in [0.1, 0.15) is 17.8 Å². The number of fused-ring (bicyclic) bond motifs is 3. The van der Waals surface area contributed by atoms with E-state index in [-0.39, 0.29) is 35.5 Å². The Morgan fingerprint density at radius 3 is 2.70 bits per heavy atom. The third-order valence-corrected chi connectivity index (χ3v) is 6.15. The lowest BCUT2D eigenvalue weighted by molar-refractivity contribution is -0.309. The van der Waals surface area contributed by atoms with E-state index < -0.39 is 36.4 Å². The lowest BCUT2D eigenvalue weighted by Crippen LogP contribution is -2.50. The van der Waals surface area contributed by atoms with Crippen LogP contribution in [0.5, 0.6) is 11.5 Å². The molecule has 9 heteroatoms. The molecule has 3 aliphatic rings. The summed E-state index contributed by atoms with van der Waals surface area (Å²) >= 11 is 0. The minimum atomic E-state index is -0.848. The topological polar surface area (TPSA) is 116 Å². The highest BCUT2D eigenvalue weighted by Gasteiger charge is 2.77. The molecule has 2 heterocycles. The predicted octanol–water partition coefficient (Wildman–Crippen LogP) is 1.45. The number of phenolic OH excluding ortho intramolecular Hbond substituents is 1. The summed E-state index contributed by atoms with van der Waals surface area (Å²) in [6.45, 7) is 4.43. The molecule has 1 aliphatic carbocycles. The molecule has 9 nitrogen and oxygen atoms in total. The van der Waals surface area contributed by atoms with Gasteiger partial charge in [-0.15, -0.1) is 0 Å². The summed E-state index contributed by atoms with van der Waals surface area (Å²) < 4.78 is 34.2. The summed E-state index contributed by atoms with van der Waals surface area (Å²) in [5.74, 6) is -0.880. The van der Waals surface area contributed by atoms with Crippen LogP contribution in [0.2, 0.25) is 0 Å². The maximum Gasteiger partial charge on any atom is 0.338 e. The Bertz CT molecular complexity index is 784. The van der Waals surface area contributed by atoms with Crippen LogP contribution >= 0.6 is 0 Å². The quantitative estimate of drug-likeness (QED) is 0.472. The molecule has 2 aliphatic heterocycles. The van der Waals surface area contributed by atoms with Crippen molar-refractivity contribution < 1.29 is 43.4 Å². The highest BCUT2D eigenvalue weighted by Crippen LogP contribution is 2.61. The largest absolute Gasteiger partial charge is 0.504 e. The Hall–Kier alpha value is -1.91. The monoisotopic (exact) mass is 424 g/mol. The number of rotatable bonds is 8. The SMILES string of the molecule is CCO[C@@H]1C[C@H]2[C@H](OC(=O)c3ccc(O)c(OC)c3)[C@@H]3O[C@]3(CO)[C@H]2[C@H](OCC)O1. The van der Waals surface area contributed by atoms with Crippen LogP contribution in [-0.4, -0.2) is 73.5 Å². The van der Waals surface area contributed by atoms with E-state index in [0.717, 1.165) is 0 Å². The number of aliphatic hydroxyl groups is 1. The minimum absolute atomic E-state index is 0.0663. The molecule has 1 aromatic carbocycles. The van der Waals surface area contributed by atoms with Crippen molar-refractivity contribution in [2.24, 2.45) is 11.8 Å². The van der Waals surface area contributed by atoms with Gasteiger partial charge in [0, 0.05) is 25.6 Å². The molecule has 1 aromatic rings. The molecular formula is C21H28O9. The molecular weight excluding hydrogens is 396 g/mol. The maximum absolute atomic E-state index is 12.9. The van der Waals surface area contributed by atoms with Gasteiger partial charge >= 0.3 is 5.97 Å². The molecule has 0 aromatic heterocycles. The van der Waals surface area contributed by atoms with Crippen molar-refractivity contribution >= 4 is 5.97 Å². The number of benzene rings is 1. The summed E-state index contributed by atoms with van der Waals surface area (Å²) in [6.07, 6.45) is -1.63. The fourth-order valence-electron chi connectivity index (χ4n) is 4.81. The molecule has 0 bridgehead atoms. The Morgan fingerprint density at radius 1 is 1.27 bits per heavy atom. The molecule has 0 spiro atoms. The molecule has 2 saturated heterocycles. The third-order valence-electron chi connectivity index (χ3n) is 6.15. The van der Waals surface area contributed by atoms with Crippen molar-refractivity contribution in [3.05, 3.63) is 23.8 Å². The van der Waals surface area contributed by atoms with Crippen LogP contribution in [0.3, 0.4) is 0 Å².